The molecule has 0 atom stereocenters. The minimum absolute atomic E-state index is 0.126. The van der Waals surface area contributed by atoms with Gasteiger partial charge in [0.15, 0.2) is 0 Å². The van der Waals surface area contributed by atoms with Crippen molar-refractivity contribution in [3.05, 3.63) is 64.2 Å². The minimum Gasteiger partial charge on any atom is -0.454 e. The van der Waals surface area contributed by atoms with Gasteiger partial charge in [0, 0.05) is 6.54 Å². The maximum atomic E-state index is 12.3. The fourth-order valence-corrected chi connectivity index (χ4v) is 2.75. The molecule has 1 N–H and O–H groups in total. The molecule has 0 bridgehead atoms. The lowest BCUT2D eigenvalue weighted by Crippen LogP contribution is -2.14. The number of hydrogen-bond acceptors (Lipinski definition) is 6. The van der Waals surface area contributed by atoms with E-state index in [1.165, 1.54) is 0 Å². The second kappa shape index (κ2) is 6.40. The van der Waals surface area contributed by atoms with E-state index in [0.29, 0.717) is 34.4 Å². The number of carbonyl (C=O) groups is 1. The van der Waals surface area contributed by atoms with Crippen LogP contribution in [-0.2, 0) is 17.9 Å². The van der Waals surface area contributed by atoms with Crippen LogP contribution in [0.3, 0.4) is 0 Å². The smallest absolute Gasteiger partial charge is 0.338 e. The van der Waals surface area contributed by atoms with E-state index >= 15 is 0 Å². The molecule has 0 saturated carbocycles. The summed E-state index contributed by atoms with van der Waals surface area (Å²) in [5, 5.41) is 8.55. The zero-order chi connectivity index (χ0) is 18.1. The number of ether oxygens (including phenoxy) is 1. The van der Waals surface area contributed by atoms with Crippen molar-refractivity contribution in [1.29, 1.82) is 0 Å². The summed E-state index contributed by atoms with van der Waals surface area (Å²) in [5.74, 6) is -0.228. The molecule has 0 unspecified atom stereocenters. The van der Waals surface area contributed by atoms with Crippen LogP contribution in [-0.4, -0.2) is 30.9 Å². The number of nitrogens with zero attached hydrogens (tertiary/aromatic N) is 4. The standard InChI is InChI=1S/C18H15N5O3/c1-2-23-15-8-7-11(9-14(15)21-22-23)18(25)26-10-16-19-13-6-4-3-5-12(13)17(24)20-16/h3-9H,2,10H2,1H3,(H,19,20,24). The van der Waals surface area contributed by atoms with Gasteiger partial charge in [-0.05, 0) is 37.3 Å². The summed E-state index contributed by atoms with van der Waals surface area (Å²) in [7, 11) is 0. The lowest BCUT2D eigenvalue weighted by Gasteiger charge is -2.06. The van der Waals surface area contributed by atoms with Gasteiger partial charge < -0.3 is 9.72 Å². The summed E-state index contributed by atoms with van der Waals surface area (Å²) in [6.07, 6.45) is 0. The summed E-state index contributed by atoms with van der Waals surface area (Å²) in [4.78, 5) is 31.3. The summed E-state index contributed by atoms with van der Waals surface area (Å²) < 4.78 is 7.02. The number of para-hydroxylation sites is 1. The topological polar surface area (TPSA) is 103 Å². The number of fused-ring (bicyclic) bond motifs is 2. The van der Waals surface area contributed by atoms with Crippen LogP contribution >= 0.6 is 0 Å². The maximum Gasteiger partial charge on any atom is 0.338 e. The SMILES string of the molecule is CCn1nnc2cc(C(=O)OCc3nc4ccccc4c(=O)[nH]3)ccc21. The molecule has 2 aromatic carbocycles. The van der Waals surface area contributed by atoms with E-state index in [9.17, 15) is 9.59 Å². The minimum atomic E-state index is -0.520. The van der Waals surface area contributed by atoms with Crippen molar-refractivity contribution in [3.8, 4) is 0 Å². The molecule has 130 valence electrons. The lowest BCUT2D eigenvalue weighted by molar-refractivity contribution is 0.0462. The first-order chi connectivity index (χ1) is 12.7. The third kappa shape index (κ3) is 2.81. The fraction of sp³-hybridized carbons (Fsp3) is 0.167. The van der Waals surface area contributed by atoms with Crippen molar-refractivity contribution < 1.29 is 9.53 Å². The van der Waals surface area contributed by atoms with Crippen molar-refractivity contribution in [1.82, 2.24) is 25.0 Å². The van der Waals surface area contributed by atoms with Gasteiger partial charge in [0.25, 0.3) is 5.56 Å². The molecule has 0 aliphatic carbocycles. The molecule has 2 heterocycles. The van der Waals surface area contributed by atoms with E-state index in [1.54, 1.807) is 47.1 Å². The Kier molecular flexibility index (Phi) is 3.92. The van der Waals surface area contributed by atoms with Crippen LogP contribution in [0.1, 0.15) is 23.1 Å². The van der Waals surface area contributed by atoms with E-state index in [2.05, 4.69) is 20.3 Å². The van der Waals surface area contributed by atoms with Gasteiger partial charge in [-0.3, -0.25) is 4.79 Å². The van der Waals surface area contributed by atoms with Crippen LogP contribution in [0.25, 0.3) is 21.9 Å². The number of esters is 1. The molecular formula is C18H15N5O3. The number of aryl methyl sites for hydroxylation is 1. The number of carbonyl (C=O) groups excluding carboxylic acids is 1. The summed E-state index contributed by atoms with van der Waals surface area (Å²) in [6, 6.07) is 12.1. The van der Waals surface area contributed by atoms with Crippen molar-refractivity contribution >= 4 is 27.9 Å². The first kappa shape index (κ1) is 15.9. The van der Waals surface area contributed by atoms with Crippen molar-refractivity contribution in [2.24, 2.45) is 0 Å². The zero-order valence-corrected chi connectivity index (χ0v) is 14.0. The van der Waals surface area contributed by atoms with Crippen LogP contribution in [0.2, 0.25) is 0 Å². The highest BCUT2D eigenvalue weighted by Crippen LogP contribution is 2.15. The molecule has 2 aromatic heterocycles. The molecular weight excluding hydrogens is 334 g/mol. The summed E-state index contributed by atoms with van der Waals surface area (Å²) >= 11 is 0. The van der Waals surface area contributed by atoms with E-state index in [-0.39, 0.29) is 12.2 Å². The Morgan fingerprint density at radius 1 is 1.19 bits per heavy atom. The van der Waals surface area contributed by atoms with E-state index in [4.69, 9.17) is 4.74 Å². The fourth-order valence-electron chi connectivity index (χ4n) is 2.75. The summed E-state index contributed by atoms with van der Waals surface area (Å²) in [6.45, 7) is 2.54. The molecule has 8 heteroatoms. The van der Waals surface area contributed by atoms with Gasteiger partial charge in [0.2, 0.25) is 0 Å². The second-order valence-corrected chi connectivity index (χ2v) is 5.71. The van der Waals surface area contributed by atoms with E-state index in [1.807, 2.05) is 6.92 Å². The number of H-pyrrole nitrogens is 1. The lowest BCUT2D eigenvalue weighted by atomic mass is 10.2. The van der Waals surface area contributed by atoms with Crippen molar-refractivity contribution in [2.45, 2.75) is 20.1 Å². The van der Waals surface area contributed by atoms with Gasteiger partial charge in [-0.1, -0.05) is 17.3 Å². The molecule has 0 amide bonds. The van der Waals surface area contributed by atoms with Gasteiger partial charge in [0.05, 0.1) is 22.0 Å². The molecule has 0 radical (unpaired) electrons. The number of aromatic nitrogens is 5. The van der Waals surface area contributed by atoms with Gasteiger partial charge in [0.1, 0.15) is 17.9 Å². The maximum absolute atomic E-state index is 12.3. The van der Waals surface area contributed by atoms with Crippen LogP contribution < -0.4 is 5.56 Å². The Morgan fingerprint density at radius 2 is 2.04 bits per heavy atom. The third-order valence-corrected chi connectivity index (χ3v) is 4.05. The highest BCUT2D eigenvalue weighted by Gasteiger charge is 2.12. The van der Waals surface area contributed by atoms with Gasteiger partial charge in [-0.15, -0.1) is 5.10 Å². The van der Waals surface area contributed by atoms with E-state index in [0.717, 1.165) is 5.52 Å². The Hall–Kier alpha value is -3.55. The van der Waals surface area contributed by atoms with Crippen LogP contribution in [0, 0.1) is 0 Å². The molecule has 0 aliphatic rings. The van der Waals surface area contributed by atoms with Crippen molar-refractivity contribution in [2.75, 3.05) is 0 Å². The molecule has 0 aliphatic heterocycles. The second-order valence-electron chi connectivity index (χ2n) is 5.71. The largest absolute Gasteiger partial charge is 0.454 e. The number of hydrogen-bond donors (Lipinski definition) is 1. The first-order valence-corrected chi connectivity index (χ1v) is 8.14. The first-order valence-electron chi connectivity index (χ1n) is 8.14. The quantitative estimate of drug-likeness (QED) is 0.566. The molecule has 8 nitrogen and oxygen atoms in total. The highest BCUT2D eigenvalue weighted by molar-refractivity contribution is 5.93. The number of aromatic amines is 1. The Labute approximate surface area is 147 Å². The molecule has 0 spiro atoms. The average Bonchev–Trinajstić information content (AvgIpc) is 3.08. The van der Waals surface area contributed by atoms with Crippen molar-refractivity contribution in [3.63, 3.8) is 0 Å². The predicted octanol–water partition coefficient (Wildman–Crippen LogP) is 2.04. The normalized spacial score (nSPS) is 11.1. The molecule has 0 saturated heterocycles. The van der Waals surface area contributed by atoms with E-state index < -0.39 is 5.97 Å². The molecule has 0 fully saturated rings. The summed E-state index contributed by atoms with van der Waals surface area (Å²) in [5.41, 5.74) is 2.13. The van der Waals surface area contributed by atoms with Crippen LogP contribution in [0.4, 0.5) is 0 Å². The highest BCUT2D eigenvalue weighted by atomic mass is 16.5. The Balaban J connectivity index is 1.54. The van der Waals surface area contributed by atoms with Crippen LogP contribution in [0.15, 0.2) is 47.3 Å². The molecule has 26 heavy (non-hydrogen) atoms. The number of rotatable bonds is 4. The molecule has 4 rings (SSSR count). The predicted molar refractivity (Wildman–Crippen MR) is 94.7 cm³/mol. The molecule has 4 aromatic rings. The monoisotopic (exact) mass is 349 g/mol. The Bertz CT molecular complexity index is 1180. The van der Waals surface area contributed by atoms with Gasteiger partial charge >= 0.3 is 5.97 Å². The van der Waals surface area contributed by atoms with Crippen LogP contribution in [0.5, 0.6) is 0 Å². The zero-order valence-electron chi connectivity index (χ0n) is 14.0. The Morgan fingerprint density at radius 3 is 2.88 bits per heavy atom. The van der Waals surface area contributed by atoms with Gasteiger partial charge in [-0.25, -0.2) is 14.5 Å². The number of nitrogens with one attached hydrogen (secondary N) is 1. The number of benzene rings is 2. The van der Waals surface area contributed by atoms with Gasteiger partial charge in [-0.2, -0.15) is 0 Å². The third-order valence-electron chi connectivity index (χ3n) is 4.05. The average molecular weight is 349 g/mol.